The topological polar surface area (TPSA) is 44.7 Å². The number of carbonyl (C=O) groups is 1. The molecule has 1 saturated carbocycles. The summed E-state index contributed by atoms with van der Waals surface area (Å²) >= 11 is 0. The van der Waals surface area contributed by atoms with E-state index in [2.05, 4.69) is 72.9 Å². The van der Waals surface area contributed by atoms with Gasteiger partial charge in [0.05, 0.1) is 12.1 Å². The van der Waals surface area contributed by atoms with Gasteiger partial charge >= 0.3 is 0 Å². The van der Waals surface area contributed by atoms with Crippen molar-refractivity contribution in [1.82, 2.24) is 5.43 Å². The number of hydrogen-bond acceptors (Lipinski definition) is 3. The number of anilines is 1. The third kappa shape index (κ3) is 4.24. The molecule has 1 N–H and O–H groups in total. The van der Waals surface area contributed by atoms with Crippen LogP contribution in [0.2, 0.25) is 0 Å². The van der Waals surface area contributed by atoms with Gasteiger partial charge in [-0.15, -0.1) is 0 Å². The highest BCUT2D eigenvalue weighted by molar-refractivity contribution is 5.88. The van der Waals surface area contributed by atoms with E-state index in [4.69, 9.17) is 0 Å². The van der Waals surface area contributed by atoms with Gasteiger partial charge in [0, 0.05) is 25.2 Å². The summed E-state index contributed by atoms with van der Waals surface area (Å²) in [6.07, 6.45) is 2.48. The van der Waals surface area contributed by atoms with E-state index in [-0.39, 0.29) is 17.2 Å². The summed E-state index contributed by atoms with van der Waals surface area (Å²) in [6.45, 7) is 4.17. The van der Waals surface area contributed by atoms with E-state index < -0.39 is 0 Å². The van der Waals surface area contributed by atoms with Gasteiger partial charge in [0.25, 0.3) is 0 Å². The van der Waals surface area contributed by atoms with Gasteiger partial charge < -0.3 is 4.90 Å². The highest BCUT2D eigenvalue weighted by Gasteiger charge is 2.60. The molecule has 4 heteroatoms. The minimum atomic E-state index is -0.283. The summed E-state index contributed by atoms with van der Waals surface area (Å²) in [5.74, 6) is -0.173. The molecule has 1 aliphatic carbocycles. The van der Waals surface area contributed by atoms with Crippen LogP contribution in [0.4, 0.5) is 5.69 Å². The Morgan fingerprint density at radius 2 is 1.42 bits per heavy atom. The SMILES string of the molecule is Cc1ccc(C2(c3ccc(C)cc3)C[C@@H]2C(=O)N/N=C\c2ccc(N(C)C)cc2)cc1. The van der Waals surface area contributed by atoms with Gasteiger partial charge in [0.2, 0.25) is 5.91 Å². The maximum atomic E-state index is 13.0. The summed E-state index contributed by atoms with van der Waals surface area (Å²) in [6, 6.07) is 25.1. The normalized spacial score (nSPS) is 16.8. The molecule has 31 heavy (non-hydrogen) atoms. The predicted molar refractivity (Wildman–Crippen MR) is 128 cm³/mol. The van der Waals surface area contributed by atoms with Crippen LogP contribution in [-0.4, -0.2) is 26.2 Å². The van der Waals surface area contributed by atoms with Crippen LogP contribution in [0.5, 0.6) is 0 Å². The van der Waals surface area contributed by atoms with Gasteiger partial charge in [-0.3, -0.25) is 4.79 Å². The lowest BCUT2D eigenvalue weighted by molar-refractivity contribution is -0.122. The number of nitrogens with zero attached hydrogens (tertiary/aromatic N) is 2. The Labute approximate surface area is 184 Å². The first-order chi connectivity index (χ1) is 14.9. The summed E-state index contributed by atoms with van der Waals surface area (Å²) in [4.78, 5) is 15.1. The lowest BCUT2D eigenvalue weighted by Crippen LogP contribution is -2.25. The van der Waals surface area contributed by atoms with E-state index in [0.29, 0.717) is 0 Å². The van der Waals surface area contributed by atoms with E-state index in [9.17, 15) is 4.79 Å². The molecule has 0 spiro atoms. The van der Waals surface area contributed by atoms with Crippen molar-refractivity contribution in [2.24, 2.45) is 11.0 Å². The lowest BCUT2D eigenvalue weighted by atomic mass is 9.85. The molecule has 0 saturated heterocycles. The predicted octanol–water partition coefficient (Wildman–Crippen LogP) is 4.83. The smallest absolute Gasteiger partial charge is 0.244 e. The number of aryl methyl sites for hydroxylation is 2. The van der Waals surface area contributed by atoms with Crippen molar-refractivity contribution in [3.8, 4) is 0 Å². The number of nitrogens with one attached hydrogen (secondary N) is 1. The van der Waals surface area contributed by atoms with Crippen molar-refractivity contribution in [3.05, 3.63) is 101 Å². The Hall–Kier alpha value is -3.40. The second-order valence-corrected chi connectivity index (χ2v) is 8.68. The van der Waals surface area contributed by atoms with Crippen LogP contribution in [0.25, 0.3) is 0 Å². The Morgan fingerprint density at radius 1 is 0.903 bits per heavy atom. The van der Waals surface area contributed by atoms with Crippen molar-refractivity contribution < 1.29 is 4.79 Å². The molecule has 1 atom stereocenters. The summed E-state index contributed by atoms with van der Waals surface area (Å²) in [5, 5.41) is 4.22. The first kappa shape index (κ1) is 20.9. The van der Waals surface area contributed by atoms with Crippen LogP contribution in [0.15, 0.2) is 77.9 Å². The van der Waals surface area contributed by atoms with Gasteiger partial charge in [-0.05, 0) is 49.1 Å². The van der Waals surface area contributed by atoms with Crippen molar-refractivity contribution >= 4 is 17.8 Å². The zero-order chi connectivity index (χ0) is 22.0. The third-order valence-corrected chi connectivity index (χ3v) is 6.21. The highest BCUT2D eigenvalue weighted by atomic mass is 16.2. The maximum absolute atomic E-state index is 13.0. The number of carbonyl (C=O) groups excluding carboxylic acids is 1. The quantitative estimate of drug-likeness (QED) is 0.467. The number of amides is 1. The molecule has 0 heterocycles. The molecule has 0 bridgehead atoms. The molecule has 3 aromatic rings. The van der Waals surface area contributed by atoms with Crippen LogP contribution < -0.4 is 10.3 Å². The van der Waals surface area contributed by atoms with Crippen LogP contribution in [-0.2, 0) is 10.2 Å². The number of hydrazone groups is 1. The molecule has 4 rings (SSSR count). The first-order valence-electron chi connectivity index (χ1n) is 10.6. The minimum absolute atomic E-state index is 0.0395. The monoisotopic (exact) mass is 411 g/mol. The average Bonchev–Trinajstić information content (AvgIpc) is 3.52. The molecule has 0 aromatic heterocycles. The van der Waals surface area contributed by atoms with E-state index in [1.807, 2.05) is 43.3 Å². The maximum Gasteiger partial charge on any atom is 0.244 e. The number of benzene rings is 3. The summed E-state index contributed by atoms with van der Waals surface area (Å²) < 4.78 is 0. The molecule has 1 fully saturated rings. The Balaban J connectivity index is 1.52. The third-order valence-electron chi connectivity index (χ3n) is 6.21. The molecular weight excluding hydrogens is 382 g/mol. The molecular formula is C27H29N3O. The zero-order valence-electron chi connectivity index (χ0n) is 18.6. The van der Waals surface area contributed by atoms with Gasteiger partial charge in [0.15, 0.2) is 0 Å². The highest BCUT2D eigenvalue weighted by Crippen LogP contribution is 2.59. The fourth-order valence-corrected chi connectivity index (χ4v) is 4.19. The molecule has 1 amide bonds. The second-order valence-electron chi connectivity index (χ2n) is 8.68. The Bertz CT molecular complexity index is 1040. The molecule has 158 valence electrons. The van der Waals surface area contributed by atoms with Gasteiger partial charge in [0.1, 0.15) is 0 Å². The Kier molecular flexibility index (Phi) is 5.64. The van der Waals surface area contributed by atoms with E-state index in [0.717, 1.165) is 17.7 Å². The fourth-order valence-electron chi connectivity index (χ4n) is 4.19. The van der Waals surface area contributed by atoms with Gasteiger partial charge in [-0.2, -0.15) is 5.10 Å². The van der Waals surface area contributed by atoms with Crippen LogP contribution >= 0.6 is 0 Å². The van der Waals surface area contributed by atoms with Crippen LogP contribution in [0.3, 0.4) is 0 Å². The number of hydrogen-bond donors (Lipinski definition) is 1. The van der Waals surface area contributed by atoms with Crippen molar-refractivity contribution in [2.75, 3.05) is 19.0 Å². The molecule has 0 unspecified atom stereocenters. The van der Waals surface area contributed by atoms with Gasteiger partial charge in [-0.1, -0.05) is 71.8 Å². The standard InChI is InChI=1S/C27H29N3O/c1-19-5-11-22(12-6-19)27(23-13-7-20(2)8-14-23)17-25(27)26(31)29-28-18-21-9-15-24(16-10-21)30(3)4/h5-16,18,25H,17H2,1-4H3,(H,29,31)/b28-18-/t25-/m1/s1. The average molecular weight is 412 g/mol. The lowest BCUT2D eigenvalue weighted by Gasteiger charge is -2.19. The van der Waals surface area contributed by atoms with Crippen LogP contribution in [0, 0.1) is 19.8 Å². The summed E-state index contributed by atoms with van der Waals surface area (Å²) in [7, 11) is 4.01. The van der Waals surface area contributed by atoms with E-state index in [1.165, 1.54) is 22.3 Å². The second kappa shape index (κ2) is 8.38. The first-order valence-corrected chi connectivity index (χ1v) is 10.6. The Morgan fingerprint density at radius 3 is 1.90 bits per heavy atom. The largest absolute Gasteiger partial charge is 0.378 e. The van der Waals surface area contributed by atoms with Crippen molar-refractivity contribution in [2.45, 2.75) is 25.7 Å². The fraction of sp³-hybridized carbons (Fsp3) is 0.259. The molecule has 4 nitrogen and oxygen atoms in total. The van der Waals surface area contributed by atoms with Crippen molar-refractivity contribution in [3.63, 3.8) is 0 Å². The molecule has 1 aliphatic rings. The number of rotatable bonds is 6. The molecule has 0 radical (unpaired) electrons. The molecule has 3 aromatic carbocycles. The van der Waals surface area contributed by atoms with E-state index >= 15 is 0 Å². The minimum Gasteiger partial charge on any atom is -0.378 e. The zero-order valence-corrected chi connectivity index (χ0v) is 18.6. The summed E-state index contributed by atoms with van der Waals surface area (Å²) in [5.41, 5.74) is 9.36. The van der Waals surface area contributed by atoms with E-state index in [1.54, 1.807) is 6.21 Å². The van der Waals surface area contributed by atoms with Gasteiger partial charge in [-0.25, -0.2) is 5.43 Å². The molecule has 0 aliphatic heterocycles. The van der Waals surface area contributed by atoms with Crippen molar-refractivity contribution in [1.29, 1.82) is 0 Å². The van der Waals surface area contributed by atoms with Crippen LogP contribution in [0.1, 0.15) is 34.2 Å².